The topological polar surface area (TPSA) is 29.3 Å². The summed E-state index contributed by atoms with van der Waals surface area (Å²) in [7, 11) is 0.575. The van der Waals surface area contributed by atoms with Gasteiger partial charge in [0.2, 0.25) is 5.89 Å². The molecule has 1 heterocycles. The summed E-state index contributed by atoms with van der Waals surface area (Å²) in [5.74, 6) is 0.643. The first-order valence-corrected chi connectivity index (χ1v) is 18.8. The Balaban J connectivity index is 1.02. The number of hydrogen-bond donors (Lipinski definition) is 0. The van der Waals surface area contributed by atoms with Crippen molar-refractivity contribution in [2.45, 2.75) is 0 Å². The number of rotatable bonds is 7. The van der Waals surface area contributed by atoms with Crippen molar-refractivity contribution >= 4 is 68.4 Å². The molecule has 0 aliphatic heterocycles. The highest BCUT2D eigenvalue weighted by Gasteiger charge is 2.19. The van der Waals surface area contributed by atoms with Gasteiger partial charge in [-0.1, -0.05) is 149 Å². The Bertz CT molecular complexity index is 2540. The van der Waals surface area contributed by atoms with Crippen molar-refractivity contribution in [2.75, 3.05) is 11.9 Å². The van der Waals surface area contributed by atoms with Gasteiger partial charge in [-0.2, -0.15) is 0 Å². The first-order chi connectivity index (χ1) is 24.7. The van der Waals surface area contributed by atoms with Crippen LogP contribution in [0.15, 0.2) is 186 Å². The smallest absolute Gasteiger partial charge is 0.227 e. The molecule has 8 aromatic carbocycles. The van der Waals surface area contributed by atoms with Gasteiger partial charge in [-0.3, -0.25) is 0 Å². The second-order valence-electron chi connectivity index (χ2n) is 12.9. The zero-order chi connectivity index (χ0) is 33.4. The SMILES string of the molecule is CN(c1ccc(-c2ccc3ccc4ccc5nc(-c6ccccc6)oc5c4c3c2)cc1)c1ccc([SiH](c2ccccc2)c2ccccc2)cc1. The number of nitrogens with zero attached hydrogens (tertiary/aromatic N) is 2. The van der Waals surface area contributed by atoms with E-state index in [0.29, 0.717) is 5.89 Å². The van der Waals surface area contributed by atoms with Gasteiger partial charge in [-0.15, -0.1) is 0 Å². The molecule has 0 unspecified atom stereocenters. The minimum atomic E-state index is -1.57. The lowest BCUT2D eigenvalue weighted by molar-refractivity contribution is 0.623. The van der Waals surface area contributed by atoms with Gasteiger partial charge >= 0.3 is 0 Å². The van der Waals surface area contributed by atoms with Crippen LogP contribution < -0.4 is 20.5 Å². The lowest BCUT2D eigenvalue weighted by atomic mass is 9.96. The lowest BCUT2D eigenvalue weighted by Crippen LogP contribution is -2.51. The molecule has 9 rings (SSSR count). The van der Waals surface area contributed by atoms with E-state index in [1.54, 1.807) is 0 Å². The van der Waals surface area contributed by atoms with Gasteiger partial charge in [0.15, 0.2) is 5.58 Å². The molecule has 3 nitrogen and oxygen atoms in total. The maximum Gasteiger partial charge on any atom is 0.227 e. The lowest BCUT2D eigenvalue weighted by Gasteiger charge is -2.22. The van der Waals surface area contributed by atoms with Crippen LogP contribution in [0.25, 0.3) is 55.2 Å². The van der Waals surface area contributed by atoms with Crippen LogP contribution in [0.3, 0.4) is 0 Å². The van der Waals surface area contributed by atoms with E-state index in [1.807, 2.05) is 30.3 Å². The average Bonchev–Trinajstić information content (AvgIpc) is 3.64. The van der Waals surface area contributed by atoms with Gasteiger partial charge in [-0.25, -0.2) is 4.98 Å². The normalized spacial score (nSPS) is 11.5. The first kappa shape index (κ1) is 29.9. The summed E-state index contributed by atoms with van der Waals surface area (Å²) in [6.45, 7) is 0. The number of aromatic nitrogens is 1. The highest BCUT2D eigenvalue weighted by Crippen LogP contribution is 2.37. The minimum Gasteiger partial charge on any atom is -0.435 e. The van der Waals surface area contributed by atoms with E-state index in [9.17, 15) is 0 Å². The molecule has 4 heteroatoms. The second kappa shape index (κ2) is 12.7. The van der Waals surface area contributed by atoms with Crippen molar-refractivity contribution in [3.63, 3.8) is 0 Å². The van der Waals surface area contributed by atoms with Crippen LogP contribution in [0.5, 0.6) is 0 Å². The highest BCUT2D eigenvalue weighted by molar-refractivity contribution is 6.95. The Labute approximate surface area is 293 Å². The van der Waals surface area contributed by atoms with Crippen LogP contribution in [-0.2, 0) is 0 Å². The number of hydrogen-bond acceptors (Lipinski definition) is 3. The van der Waals surface area contributed by atoms with Crippen LogP contribution in [0.1, 0.15) is 0 Å². The van der Waals surface area contributed by atoms with Gasteiger partial charge in [0.1, 0.15) is 14.3 Å². The molecule has 50 heavy (non-hydrogen) atoms. The third-order valence-corrected chi connectivity index (χ3v) is 13.0. The van der Waals surface area contributed by atoms with E-state index in [4.69, 9.17) is 9.40 Å². The Morgan fingerprint density at radius 2 is 1.00 bits per heavy atom. The van der Waals surface area contributed by atoms with Crippen molar-refractivity contribution in [3.05, 3.63) is 182 Å². The zero-order valence-corrected chi connectivity index (χ0v) is 28.9. The Hall–Kier alpha value is -6.23. The third-order valence-electron chi connectivity index (χ3n) is 9.84. The van der Waals surface area contributed by atoms with Gasteiger partial charge < -0.3 is 9.32 Å². The van der Waals surface area contributed by atoms with Gasteiger partial charge in [0.05, 0.1) is 0 Å². The van der Waals surface area contributed by atoms with Crippen LogP contribution >= 0.6 is 0 Å². The van der Waals surface area contributed by atoms with Crippen molar-refractivity contribution in [3.8, 4) is 22.6 Å². The molecule has 0 saturated heterocycles. The van der Waals surface area contributed by atoms with E-state index in [-0.39, 0.29) is 0 Å². The van der Waals surface area contributed by atoms with E-state index < -0.39 is 8.80 Å². The first-order valence-electron chi connectivity index (χ1n) is 17.1. The van der Waals surface area contributed by atoms with Crippen LogP contribution in [0.4, 0.5) is 11.4 Å². The third kappa shape index (κ3) is 5.46. The summed E-state index contributed by atoms with van der Waals surface area (Å²) in [4.78, 5) is 7.10. The summed E-state index contributed by atoms with van der Waals surface area (Å²) < 4.78 is 6.46. The molecule has 0 spiro atoms. The Kier molecular flexibility index (Phi) is 7.56. The zero-order valence-electron chi connectivity index (χ0n) is 27.7. The fraction of sp³-hybridized carbons (Fsp3) is 0.0217. The van der Waals surface area contributed by atoms with Crippen LogP contribution in [0, 0.1) is 0 Å². The Morgan fingerprint density at radius 3 is 1.66 bits per heavy atom. The van der Waals surface area contributed by atoms with E-state index >= 15 is 0 Å². The van der Waals surface area contributed by atoms with Crippen molar-refractivity contribution in [2.24, 2.45) is 0 Å². The number of anilines is 2. The Morgan fingerprint density at radius 1 is 0.480 bits per heavy atom. The summed E-state index contributed by atoms with van der Waals surface area (Å²) in [5, 5.41) is 8.85. The summed E-state index contributed by atoms with van der Waals surface area (Å²) >= 11 is 0. The second-order valence-corrected chi connectivity index (χ2v) is 15.7. The van der Waals surface area contributed by atoms with Crippen molar-refractivity contribution in [1.29, 1.82) is 0 Å². The van der Waals surface area contributed by atoms with E-state index in [0.717, 1.165) is 38.5 Å². The van der Waals surface area contributed by atoms with Gasteiger partial charge in [0.25, 0.3) is 0 Å². The standard InChI is InChI=1S/C46H34N2OSi/c1-48(38-26-28-41(29-27-38)50(39-13-7-3-8-14-39)40-15-9-4-10-16-40)37-24-21-32(22-25-37)36-20-18-33-17-19-34-23-30-43-45(44(34)42(33)31-36)49-46(47-43)35-11-5-2-6-12-35/h2-31,50H,1H3. The maximum absolute atomic E-state index is 6.46. The molecule has 1 aromatic heterocycles. The van der Waals surface area contributed by atoms with E-state index in [1.165, 1.54) is 37.8 Å². The van der Waals surface area contributed by atoms with Crippen LogP contribution in [0.2, 0.25) is 0 Å². The number of oxazole rings is 1. The van der Waals surface area contributed by atoms with Gasteiger partial charge in [-0.05, 0) is 75.8 Å². The fourth-order valence-corrected chi connectivity index (χ4v) is 10.1. The largest absolute Gasteiger partial charge is 0.435 e. The molecule has 0 N–H and O–H groups in total. The molecule has 0 radical (unpaired) electrons. The molecule has 0 saturated carbocycles. The highest BCUT2D eigenvalue weighted by atomic mass is 28.3. The molecule has 238 valence electrons. The monoisotopic (exact) mass is 658 g/mol. The molecule has 0 amide bonds. The number of benzene rings is 8. The molecule has 0 aliphatic rings. The summed E-state index contributed by atoms with van der Waals surface area (Å²) in [6.07, 6.45) is 0. The maximum atomic E-state index is 6.46. The number of fused-ring (bicyclic) bond motifs is 5. The molecule has 0 atom stereocenters. The summed E-state index contributed by atoms with van der Waals surface area (Å²) in [5.41, 5.74) is 7.32. The van der Waals surface area contributed by atoms with E-state index in [2.05, 4.69) is 164 Å². The molecule has 0 bridgehead atoms. The average molecular weight is 659 g/mol. The molecular formula is C46H34N2OSi. The predicted octanol–water partition coefficient (Wildman–Crippen LogP) is 9.48. The fourth-order valence-electron chi connectivity index (χ4n) is 7.19. The van der Waals surface area contributed by atoms with Crippen molar-refractivity contribution < 1.29 is 4.42 Å². The van der Waals surface area contributed by atoms with Gasteiger partial charge in [0, 0.05) is 29.4 Å². The van der Waals surface area contributed by atoms with Crippen molar-refractivity contribution in [1.82, 2.24) is 4.98 Å². The quantitative estimate of drug-likeness (QED) is 0.0971. The molecular weight excluding hydrogens is 625 g/mol. The molecule has 9 aromatic rings. The summed E-state index contributed by atoms with van der Waals surface area (Å²) in [6, 6.07) is 65.3. The molecule has 0 aliphatic carbocycles. The predicted molar refractivity (Wildman–Crippen MR) is 213 cm³/mol. The van der Waals surface area contributed by atoms with Crippen LogP contribution in [-0.4, -0.2) is 20.8 Å². The molecule has 0 fully saturated rings. The minimum absolute atomic E-state index is 0.643.